The minimum absolute atomic E-state index is 0.371. The lowest BCUT2D eigenvalue weighted by atomic mass is 9.70. The molecule has 0 saturated heterocycles. The second kappa shape index (κ2) is 9.31. The van der Waals surface area contributed by atoms with E-state index in [1.807, 2.05) is 12.3 Å². The summed E-state index contributed by atoms with van der Waals surface area (Å²) in [6.07, 6.45) is 1.88. The average Bonchev–Trinajstić information content (AvgIpc) is 3.82. The Morgan fingerprint density at radius 2 is 1.08 bits per heavy atom. The van der Waals surface area contributed by atoms with Gasteiger partial charge in [-0.2, -0.15) is 0 Å². The van der Waals surface area contributed by atoms with E-state index in [0.29, 0.717) is 0 Å². The molecule has 7 aromatic carbocycles. The second-order valence-electron chi connectivity index (χ2n) is 13.7. The van der Waals surface area contributed by atoms with E-state index in [1.165, 1.54) is 66.4 Å². The Hall–Kier alpha value is -6.58. The monoisotopic (exact) mass is 633 g/mol. The molecule has 0 aliphatic heterocycles. The Morgan fingerprint density at radius 3 is 1.84 bits per heavy atom. The number of benzene rings is 7. The highest BCUT2D eigenvalue weighted by Gasteiger charge is 2.51. The maximum atomic E-state index is 5.23. The molecule has 2 aliphatic rings. The van der Waals surface area contributed by atoms with E-state index in [9.17, 15) is 0 Å². The molecule has 0 unspecified atom stereocenters. The molecule has 0 N–H and O–H groups in total. The van der Waals surface area contributed by atoms with Crippen molar-refractivity contribution in [3.05, 3.63) is 186 Å². The molecule has 3 nitrogen and oxygen atoms in total. The van der Waals surface area contributed by atoms with E-state index >= 15 is 0 Å². The molecule has 0 saturated carbocycles. The van der Waals surface area contributed by atoms with Gasteiger partial charge in [0.15, 0.2) is 0 Å². The Kier molecular flexibility index (Phi) is 4.91. The van der Waals surface area contributed by atoms with E-state index < -0.39 is 0 Å². The normalized spacial score (nSPS) is 13.8. The molecule has 230 valence electrons. The Balaban J connectivity index is 1.17. The number of para-hydroxylation sites is 2. The lowest BCUT2D eigenvalue weighted by Crippen LogP contribution is -2.25. The number of nitrogens with zero attached hydrogens (tertiary/aromatic N) is 3. The van der Waals surface area contributed by atoms with Crippen molar-refractivity contribution < 1.29 is 0 Å². The summed E-state index contributed by atoms with van der Waals surface area (Å²) in [4.78, 5) is 10.1. The van der Waals surface area contributed by atoms with Crippen LogP contribution in [0.15, 0.2) is 164 Å². The van der Waals surface area contributed by atoms with Gasteiger partial charge in [0.25, 0.3) is 0 Å². The minimum atomic E-state index is -0.371. The number of imidazole rings is 1. The quantitative estimate of drug-likeness (QED) is 0.168. The van der Waals surface area contributed by atoms with Gasteiger partial charge >= 0.3 is 0 Å². The van der Waals surface area contributed by atoms with Crippen LogP contribution >= 0.6 is 0 Å². The predicted molar refractivity (Wildman–Crippen MR) is 205 cm³/mol. The highest BCUT2D eigenvalue weighted by atomic mass is 15.0. The molecule has 1 spiro atoms. The first kappa shape index (κ1) is 26.4. The fourth-order valence-electron chi connectivity index (χ4n) is 9.43. The highest BCUT2D eigenvalue weighted by molar-refractivity contribution is 6.22. The Bertz CT molecular complexity index is 3050. The zero-order chi connectivity index (χ0) is 32.6. The van der Waals surface area contributed by atoms with E-state index in [2.05, 4.69) is 156 Å². The third-order valence-electron chi connectivity index (χ3n) is 11.4. The summed E-state index contributed by atoms with van der Waals surface area (Å²) in [6, 6.07) is 58.1. The number of hydrogen-bond donors (Lipinski definition) is 0. The number of fused-ring (bicyclic) bond motifs is 20. The molecule has 0 radical (unpaired) electrons. The van der Waals surface area contributed by atoms with Crippen molar-refractivity contribution in [2.24, 2.45) is 0 Å². The van der Waals surface area contributed by atoms with E-state index in [1.54, 1.807) is 0 Å². The third kappa shape index (κ3) is 3.11. The maximum absolute atomic E-state index is 5.23. The number of rotatable bonds is 1. The summed E-state index contributed by atoms with van der Waals surface area (Å²) in [6.45, 7) is 0. The fourth-order valence-corrected chi connectivity index (χ4v) is 9.43. The zero-order valence-electron chi connectivity index (χ0n) is 26.9. The van der Waals surface area contributed by atoms with Crippen LogP contribution in [0.1, 0.15) is 22.3 Å². The molecule has 0 fully saturated rings. The SMILES string of the molecule is c1ccc2c(c1)-c1ccccc1C21c2ccccc2-c2ccc(-c3ccc4c5ccc6cccnc6c5c5nc6ccccc6n5c4c3)cc21. The van der Waals surface area contributed by atoms with Gasteiger partial charge in [0.05, 0.1) is 32.9 Å². The van der Waals surface area contributed by atoms with E-state index in [0.717, 1.165) is 38.5 Å². The van der Waals surface area contributed by atoms with Crippen LogP contribution in [0.3, 0.4) is 0 Å². The summed E-state index contributed by atoms with van der Waals surface area (Å²) in [5.74, 6) is 0. The minimum Gasteiger partial charge on any atom is -0.292 e. The largest absolute Gasteiger partial charge is 0.292 e. The van der Waals surface area contributed by atoms with Crippen LogP contribution in [0.25, 0.3) is 82.6 Å². The number of aromatic nitrogens is 3. The first-order valence-corrected chi connectivity index (χ1v) is 17.3. The standard InChI is InChI=1S/C47H27N3/c1-4-14-37-31(11-1)32-12-2-5-15-38(32)47(37)39-16-6-3-13-33(39)34-22-20-29(26-40(34)47)30-21-23-35-36-24-19-28-10-9-25-48-45(28)44(36)46-49-41-17-7-8-18-42(41)50(46)43(35)27-30/h1-27H. The molecule has 3 heteroatoms. The summed E-state index contributed by atoms with van der Waals surface area (Å²) in [7, 11) is 0. The van der Waals surface area contributed by atoms with Crippen molar-refractivity contribution in [2.45, 2.75) is 5.41 Å². The molecule has 0 amide bonds. The molecule has 3 heterocycles. The van der Waals surface area contributed by atoms with Gasteiger partial charge in [-0.05, 0) is 91.4 Å². The Morgan fingerprint density at radius 1 is 0.460 bits per heavy atom. The molecule has 3 aromatic heterocycles. The lowest BCUT2D eigenvalue weighted by Gasteiger charge is -2.30. The molecule has 0 atom stereocenters. The van der Waals surface area contributed by atoms with Crippen LogP contribution < -0.4 is 0 Å². The summed E-state index contributed by atoms with van der Waals surface area (Å²) >= 11 is 0. The summed E-state index contributed by atoms with van der Waals surface area (Å²) in [5.41, 5.74) is 17.9. The molecule has 10 aromatic rings. The smallest absolute Gasteiger partial charge is 0.148 e. The van der Waals surface area contributed by atoms with Crippen molar-refractivity contribution in [3.63, 3.8) is 0 Å². The summed E-state index contributed by atoms with van der Waals surface area (Å²) < 4.78 is 2.35. The van der Waals surface area contributed by atoms with Crippen molar-refractivity contribution in [2.75, 3.05) is 0 Å². The van der Waals surface area contributed by atoms with Crippen molar-refractivity contribution in [3.8, 4) is 33.4 Å². The topological polar surface area (TPSA) is 30.2 Å². The van der Waals surface area contributed by atoms with Gasteiger partial charge in [-0.25, -0.2) is 4.98 Å². The lowest BCUT2D eigenvalue weighted by molar-refractivity contribution is 0.794. The predicted octanol–water partition coefficient (Wildman–Crippen LogP) is 11.4. The van der Waals surface area contributed by atoms with Gasteiger partial charge in [0.1, 0.15) is 5.65 Å². The first-order valence-electron chi connectivity index (χ1n) is 17.3. The van der Waals surface area contributed by atoms with Crippen LogP contribution in [0.2, 0.25) is 0 Å². The maximum Gasteiger partial charge on any atom is 0.148 e. The van der Waals surface area contributed by atoms with Crippen molar-refractivity contribution >= 4 is 49.3 Å². The van der Waals surface area contributed by atoms with Crippen LogP contribution in [0.5, 0.6) is 0 Å². The molecular formula is C47H27N3. The average molecular weight is 634 g/mol. The number of hydrogen-bond acceptors (Lipinski definition) is 2. The van der Waals surface area contributed by atoms with Gasteiger partial charge in [0, 0.05) is 17.0 Å². The number of pyridine rings is 2. The van der Waals surface area contributed by atoms with Crippen LogP contribution in [0.4, 0.5) is 0 Å². The Labute approximate surface area is 287 Å². The van der Waals surface area contributed by atoms with Crippen LogP contribution in [-0.4, -0.2) is 14.4 Å². The van der Waals surface area contributed by atoms with Crippen molar-refractivity contribution in [1.29, 1.82) is 0 Å². The van der Waals surface area contributed by atoms with Gasteiger partial charge in [-0.15, -0.1) is 0 Å². The molecular weight excluding hydrogens is 607 g/mol. The van der Waals surface area contributed by atoms with Gasteiger partial charge in [-0.3, -0.25) is 9.38 Å². The molecule has 50 heavy (non-hydrogen) atoms. The molecule has 2 aliphatic carbocycles. The first-order chi connectivity index (χ1) is 24.8. The van der Waals surface area contributed by atoms with Gasteiger partial charge < -0.3 is 0 Å². The summed E-state index contributed by atoms with van der Waals surface area (Å²) in [5, 5.41) is 4.57. The van der Waals surface area contributed by atoms with Gasteiger partial charge in [-0.1, -0.05) is 127 Å². The van der Waals surface area contributed by atoms with Crippen molar-refractivity contribution in [1.82, 2.24) is 14.4 Å². The van der Waals surface area contributed by atoms with E-state index in [4.69, 9.17) is 9.97 Å². The zero-order valence-corrected chi connectivity index (χ0v) is 26.9. The molecule has 0 bridgehead atoms. The third-order valence-corrected chi connectivity index (χ3v) is 11.4. The van der Waals surface area contributed by atoms with E-state index in [-0.39, 0.29) is 5.41 Å². The highest BCUT2D eigenvalue weighted by Crippen LogP contribution is 2.63. The van der Waals surface area contributed by atoms with Gasteiger partial charge in [0.2, 0.25) is 0 Å². The second-order valence-corrected chi connectivity index (χ2v) is 13.7. The van der Waals surface area contributed by atoms with Crippen LogP contribution in [-0.2, 0) is 5.41 Å². The fraction of sp³-hybridized carbons (Fsp3) is 0.0213. The molecule has 12 rings (SSSR count). The van der Waals surface area contributed by atoms with Crippen LogP contribution in [0, 0.1) is 0 Å².